The molecule has 2 N–H and O–H groups in total. The SMILES string of the molecule is O=C(CC1=CCCCC1)Nc1ccc(C(=O)O)cc1F. The average molecular weight is 277 g/mol. The topological polar surface area (TPSA) is 66.4 Å². The summed E-state index contributed by atoms with van der Waals surface area (Å²) in [6, 6.07) is 3.44. The Morgan fingerprint density at radius 3 is 2.70 bits per heavy atom. The van der Waals surface area contributed by atoms with E-state index in [0.717, 1.165) is 37.3 Å². The molecule has 0 atom stereocenters. The van der Waals surface area contributed by atoms with E-state index in [1.54, 1.807) is 0 Å². The molecule has 1 aromatic carbocycles. The monoisotopic (exact) mass is 277 g/mol. The zero-order valence-electron chi connectivity index (χ0n) is 11.0. The summed E-state index contributed by atoms with van der Waals surface area (Å²) in [6.45, 7) is 0. The van der Waals surface area contributed by atoms with Crippen LogP contribution in [0.4, 0.5) is 10.1 Å². The van der Waals surface area contributed by atoms with E-state index < -0.39 is 11.8 Å². The van der Waals surface area contributed by atoms with Gasteiger partial charge in [0.15, 0.2) is 0 Å². The smallest absolute Gasteiger partial charge is 0.335 e. The molecule has 0 fully saturated rings. The van der Waals surface area contributed by atoms with Crippen LogP contribution in [-0.4, -0.2) is 17.0 Å². The molecule has 4 nitrogen and oxygen atoms in total. The molecule has 1 amide bonds. The third kappa shape index (κ3) is 3.66. The largest absolute Gasteiger partial charge is 0.478 e. The van der Waals surface area contributed by atoms with Gasteiger partial charge in [-0.25, -0.2) is 9.18 Å². The van der Waals surface area contributed by atoms with Crippen LogP contribution in [0.2, 0.25) is 0 Å². The summed E-state index contributed by atoms with van der Waals surface area (Å²) in [7, 11) is 0. The van der Waals surface area contributed by atoms with Crippen molar-refractivity contribution < 1.29 is 19.1 Å². The minimum Gasteiger partial charge on any atom is -0.478 e. The maximum Gasteiger partial charge on any atom is 0.335 e. The summed E-state index contributed by atoms with van der Waals surface area (Å²) in [6.07, 6.45) is 6.46. The first-order chi connectivity index (χ1) is 9.56. The van der Waals surface area contributed by atoms with Gasteiger partial charge in [0.25, 0.3) is 0 Å². The summed E-state index contributed by atoms with van der Waals surface area (Å²) in [5.41, 5.74) is 0.947. The van der Waals surface area contributed by atoms with Gasteiger partial charge in [-0.1, -0.05) is 11.6 Å². The van der Waals surface area contributed by atoms with Gasteiger partial charge in [0.1, 0.15) is 5.82 Å². The van der Waals surface area contributed by atoms with E-state index in [0.29, 0.717) is 0 Å². The first kappa shape index (κ1) is 14.2. The molecule has 1 aliphatic carbocycles. The van der Waals surface area contributed by atoms with E-state index in [1.807, 2.05) is 0 Å². The Bertz CT molecular complexity index is 566. The molecular weight excluding hydrogens is 261 g/mol. The second kappa shape index (κ2) is 6.32. The molecular formula is C15H16FNO3. The van der Waals surface area contributed by atoms with Crippen LogP contribution in [0.25, 0.3) is 0 Å². The number of carboxylic acids is 1. The number of aromatic carboxylic acids is 1. The number of hydrogen-bond donors (Lipinski definition) is 2. The van der Waals surface area contributed by atoms with Gasteiger partial charge in [-0.3, -0.25) is 4.79 Å². The van der Waals surface area contributed by atoms with Crippen LogP contribution in [0, 0.1) is 5.82 Å². The molecule has 0 aliphatic heterocycles. The summed E-state index contributed by atoms with van der Waals surface area (Å²) in [5, 5.41) is 11.2. The molecule has 0 unspecified atom stereocenters. The van der Waals surface area contributed by atoms with Gasteiger partial charge in [-0.05, 0) is 43.9 Å². The van der Waals surface area contributed by atoms with Gasteiger partial charge in [-0.2, -0.15) is 0 Å². The lowest BCUT2D eigenvalue weighted by Crippen LogP contribution is -2.14. The van der Waals surface area contributed by atoms with Crippen LogP contribution in [0.15, 0.2) is 29.8 Å². The van der Waals surface area contributed by atoms with E-state index in [9.17, 15) is 14.0 Å². The molecule has 0 saturated carbocycles. The van der Waals surface area contributed by atoms with Crippen LogP contribution >= 0.6 is 0 Å². The third-order valence-corrected chi connectivity index (χ3v) is 3.26. The fourth-order valence-corrected chi connectivity index (χ4v) is 2.22. The number of nitrogens with one attached hydrogen (secondary N) is 1. The summed E-state index contributed by atoms with van der Waals surface area (Å²) in [5.74, 6) is -2.22. The zero-order chi connectivity index (χ0) is 14.5. The predicted octanol–water partition coefficient (Wildman–Crippen LogP) is 3.35. The lowest BCUT2D eigenvalue weighted by molar-refractivity contribution is -0.115. The molecule has 0 saturated heterocycles. The molecule has 0 aromatic heterocycles. The number of hydrogen-bond acceptors (Lipinski definition) is 2. The van der Waals surface area contributed by atoms with Crippen molar-refractivity contribution in [2.45, 2.75) is 32.1 Å². The highest BCUT2D eigenvalue weighted by Crippen LogP contribution is 2.21. The molecule has 1 aliphatic rings. The first-order valence-electron chi connectivity index (χ1n) is 6.57. The molecule has 20 heavy (non-hydrogen) atoms. The normalized spacial score (nSPS) is 14.6. The number of rotatable bonds is 4. The van der Waals surface area contributed by atoms with Crippen molar-refractivity contribution in [3.8, 4) is 0 Å². The minimum atomic E-state index is -1.20. The number of halogens is 1. The Labute approximate surface area is 116 Å². The van der Waals surface area contributed by atoms with Gasteiger partial charge >= 0.3 is 5.97 Å². The van der Waals surface area contributed by atoms with E-state index in [4.69, 9.17) is 5.11 Å². The summed E-state index contributed by atoms with van der Waals surface area (Å²) >= 11 is 0. The van der Waals surface area contributed by atoms with Crippen molar-refractivity contribution in [2.75, 3.05) is 5.32 Å². The number of benzene rings is 1. The zero-order valence-corrected chi connectivity index (χ0v) is 11.0. The highest BCUT2D eigenvalue weighted by Gasteiger charge is 2.13. The van der Waals surface area contributed by atoms with Gasteiger partial charge in [0, 0.05) is 6.42 Å². The summed E-state index contributed by atoms with van der Waals surface area (Å²) < 4.78 is 13.7. The fraction of sp³-hybridized carbons (Fsp3) is 0.333. The number of carbonyl (C=O) groups excluding carboxylic acids is 1. The van der Waals surface area contributed by atoms with Crippen molar-refractivity contribution in [2.24, 2.45) is 0 Å². The molecule has 0 spiro atoms. The maximum atomic E-state index is 13.7. The van der Waals surface area contributed by atoms with E-state index >= 15 is 0 Å². The molecule has 5 heteroatoms. The number of amides is 1. The highest BCUT2D eigenvalue weighted by molar-refractivity contribution is 5.93. The quantitative estimate of drug-likeness (QED) is 0.829. The Hall–Kier alpha value is -2.17. The Balaban J connectivity index is 2.00. The van der Waals surface area contributed by atoms with Gasteiger partial charge in [-0.15, -0.1) is 0 Å². The molecule has 1 aromatic rings. The molecule has 106 valence electrons. The number of carboxylic acid groups (broad SMARTS) is 1. The number of carbonyl (C=O) groups is 2. The lowest BCUT2D eigenvalue weighted by Gasteiger charge is -2.13. The van der Waals surface area contributed by atoms with Crippen molar-refractivity contribution in [1.82, 2.24) is 0 Å². The van der Waals surface area contributed by atoms with Gasteiger partial charge < -0.3 is 10.4 Å². The van der Waals surface area contributed by atoms with Crippen molar-refractivity contribution >= 4 is 17.6 Å². The Kier molecular flexibility index (Phi) is 4.50. The van der Waals surface area contributed by atoms with E-state index in [1.165, 1.54) is 12.1 Å². The van der Waals surface area contributed by atoms with Crippen molar-refractivity contribution in [1.29, 1.82) is 0 Å². The van der Waals surface area contributed by atoms with Crippen LogP contribution in [-0.2, 0) is 4.79 Å². The van der Waals surface area contributed by atoms with Crippen molar-refractivity contribution in [3.05, 3.63) is 41.2 Å². The molecule has 0 heterocycles. The van der Waals surface area contributed by atoms with Crippen LogP contribution in [0.1, 0.15) is 42.5 Å². The lowest BCUT2D eigenvalue weighted by atomic mass is 9.97. The predicted molar refractivity (Wildman–Crippen MR) is 73.2 cm³/mol. The highest BCUT2D eigenvalue weighted by atomic mass is 19.1. The van der Waals surface area contributed by atoms with E-state index in [2.05, 4.69) is 11.4 Å². The Morgan fingerprint density at radius 2 is 2.10 bits per heavy atom. The van der Waals surface area contributed by atoms with Crippen molar-refractivity contribution in [3.63, 3.8) is 0 Å². The fourth-order valence-electron chi connectivity index (χ4n) is 2.22. The molecule has 0 bridgehead atoms. The molecule has 2 rings (SSSR count). The maximum absolute atomic E-state index is 13.7. The number of anilines is 1. The van der Waals surface area contributed by atoms with Crippen LogP contribution in [0.3, 0.4) is 0 Å². The van der Waals surface area contributed by atoms with E-state index in [-0.39, 0.29) is 23.6 Å². The molecule has 0 radical (unpaired) electrons. The van der Waals surface area contributed by atoms with Crippen LogP contribution < -0.4 is 5.32 Å². The van der Waals surface area contributed by atoms with Gasteiger partial charge in [0.2, 0.25) is 5.91 Å². The minimum absolute atomic E-state index is 0.0106. The number of allylic oxidation sites excluding steroid dienone is 1. The van der Waals surface area contributed by atoms with Gasteiger partial charge in [0.05, 0.1) is 11.3 Å². The average Bonchev–Trinajstić information content (AvgIpc) is 2.42. The Morgan fingerprint density at radius 1 is 1.30 bits per heavy atom. The summed E-state index contributed by atoms with van der Waals surface area (Å²) in [4.78, 5) is 22.5. The van der Waals surface area contributed by atoms with Crippen LogP contribution in [0.5, 0.6) is 0 Å². The first-order valence-corrected chi connectivity index (χ1v) is 6.57. The third-order valence-electron chi connectivity index (χ3n) is 3.26. The standard InChI is InChI=1S/C15H16FNO3/c16-12-9-11(15(19)20)6-7-13(12)17-14(18)8-10-4-2-1-3-5-10/h4,6-7,9H,1-3,5,8H2,(H,17,18)(H,19,20). The second-order valence-electron chi connectivity index (χ2n) is 4.83. The second-order valence-corrected chi connectivity index (χ2v) is 4.83.